The zero-order chi connectivity index (χ0) is 22.5. The molecular weight excluding hydrogens is 432 g/mol. The number of carbonyl (C=O) groups is 2. The molecule has 0 aliphatic carbocycles. The van der Waals surface area contributed by atoms with Gasteiger partial charge in [0, 0.05) is 24.6 Å². The van der Waals surface area contributed by atoms with Gasteiger partial charge in [-0.2, -0.15) is 8.42 Å². The number of hydrogen-bond donors (Lipinski definition) is 1. The summed E-state index contributed by atoms with van der Waals surface area (Å²) in [4.78, 5) is 28.9. The molecule has 166 valence electrons. The lowest BCUT2D eigenvalue weighted by molar-refractivity contribution is -0.126. The summed E-state index contributed by atoms with van der Waals surface area (Å²) in [7, 11) is -3.69. The summed E-state index contributed by atoms with van der Waals surface area (Å²) in [5.74, 6) is -0.0773. The van der Waals surface area contributed by atoms with Gasteiger partial charge in [0.25, 0.3) is 15.9 Å². The minimum absolute atomic E-state index is 0.0731. The Kier molecular flexibility index (Phi) is 4.89. The standard InChI is InChI=1S/C22H22N4O5S/c23-20(27)18-13-26(16-6-2-3-7-17(16)31-18)22(28)14-9-11-25(12-10-14)21-15-5-1-4-8-19(15)32(29,30)24-21/h1-8,14,18H,9-13H2,(H2,23,27)/t18-/m1/s1. The van der Waals surface area contributed by atoms with E-state index in [1.165, 1.54) is 0 Å². The van der Waals surface area contributed by atoms with Crippen molar-refractivity contribution in [3.63, 3.8) is 0 Å². The molecule has 3 aliphatic heterocycles. The minimum atomic E-state index is -3.69. The van der Waals surface area contributed by atoms with Crippen LogP contribution in [0.1, 0.15) is 18.4 Å². The van der Waals surface area contributed by atoms with E-state index >= 15 is 0 Å². The Morgan fingerprint density at radius 3 is 2.47 bits per heavy atom. The highest BCUT2D eigenvalue weighted by atomic mass is 32.2. The summed E-state index contributed by atoms with van der Waals surface area (Å²) < 4.78 is 34.4. The molecule has 3 heterocycles. The van der Waals surface area contributed by atoms with Gasteiger partial charge in [-0.1, -0.05) is 24.3 Å². The van der Waals surface area contributed by atoms with Gasteiger partial charge in [-0.25, -0.2) is 0 Å². The zero-order valence-corrected chi connectivity index (χ0v) is 18.0. The van der Waals surface area contributed by atoms with Crippen LogP contribution in [-0.4, -0.2) is 56.7 Å². The van der Waals surface area contributed by atoms with E-state index in [1.807, 2.05) is 11.0 Å². The third-order valence-electron chi connectivity index (χ3n) is 6.11. The summed E-state index contributed by atoms with van der Waals surface area (Å²) in [6, 6.07) is 13.9. The van der Waals surface area contributed by atoms with Gasteiger partial charge in [0.2, 0.25) is 5.91 Å². The van der Waals surface area contributed by atoms with Crippen molar-refractivity contribution in [2.75, 3.05) is 24.5 Å². The normalized spacial score (nSPS) is 21.9. The quantitative estimate of drug-likeness (QED) is 0.726. The average Bonchev–Trinajstić information content (AvgIpc) is 3.09. The monoisotopic (exact) mass is 454 g/mol. The SMILES string of the molecule is NC(=O)[C@H]1CN(C(=O)C2CCN(C3=NS(=O)(=O)c4ccccc43)CC2)c2ccccc2O1. The van der Waals surface area contributed by atoms with Crippen molar-refractivity contribution in [3.05, 3.63) is 54.1 Å². The van der Waals surface area contributed by atoms with Crippen molar-refractivity contribution in [2.45, 2.75) is 23.8 Å². The summed E-state index contributed by atoms with van der Waals surface area (Å²) >= 11 is 0. The van der Waals surface area contributed by atoms with E-state index in [0.29, 0.717) is 48.8 Å². The van der Waals surface area contributed by atoms with E-state index in [-0.39, 0.29) is 23.3 Å². The van der Waals surface area contributed by atoms with Crippen LogP contribution < -0.4 is 15.4 Å². The molecule has 5 rings (SSSR count). The van der Waals surface area contributed by atoms with Crippen molar-refractivity contribution < 1.29 is 22.7 Å². The molecule has 1 atom stereocenters. The maximum absolute atomic E-state index is 13.4. The number of nitrogens with zero attached hydrogens (tertiary/aromatic N) is 3. The van der Waals surface area contributed by atoms with E-state index in [1.54, 1.807) is 47.4 Å². The highest BCUT2D eigenvalue weighted by Crippen LogP contribution is 2.36. The number of primary amides is 1. The number of sulfonamides is 1. The minimum Gasteiger partial charge on any atom is -0.477 e. The molecule has 2 amide bonds. The number of anilines is 1. The van der Waals surface area contributed by atoms with Gasteiger partial charge in [0.15, 0.2) is 11.9 Å². The van der Waals surface area contributed by atoms with Gasteiger partial charge in [-0.3, -0.25) is 9.59 Å². The van der Waals surface area contributed by atoms with Crippen LogP contribution in [-0.2, 0) is 19.6 Å². The number of amides is 2. The van der Waals surface area contributed by atoms with Crippen LogP contribution in [0.3, 0.4) is 0 Å². The summed E-state index contributed by atoms with van der Waals surface area (Å²) in [5, 5.41) is 0. The molecule has 2 N–H and O–H groups in total. The van der Waals surface area contributed by atoms with Gasteiger partial charge >= 0.3 is 0 Å². The first-order chi connectivity index (χ1) is 15.3. The molecule has 0 unspecified atom stereocenters. The van der Waals surface area contributed by atoms with Crippen LogP contribution in [0, 0.1) is 5.92 Å². The van der Waals surface area contributed by atoms with Gasteiger partial charge in [0.05, 0.1) is 12.2 Å². The van der Waals surface area contributed by atoms with Crippen LogP contribution in [0.5, 0.6) is 5.75 Å². The zero-order valence-electron chi connectivity index (χ0n) is 17.2. The molecule has 3 aliphatic rings. The second-order valence-electron chi connectivity index (χ2n) is 8.07. The van der Waals surface area contributed by atoms with Crippen LogP contribution >= 0.6 is 0 Å². The lowest BCUT2D eigenvalue weighted by Crippen LogP contribution is -2.52. The fourth-order valence-electron chi connectivity index (χ4n) is 4.47. The molecule has 2 aromatic carbocycles. The first-order valence-electron chi connectivity index (χ1n) is 10.4. The smallest absolute Gasteiger partial charge is 0.285 e. The largest absolute Gasteiger partial charge is 0.477 e. The van der Waals surface area contributed by atoms with Crippen LogP contribution in [0.15, 0.2) is 57.8 Å². The molecular formula is C22H22N4O5S. The van der Waals surface area contributed by atoms with Crippen molar-refractivity contribution in [1.29, 1.82) is 0 Å². The summed E-state index contributed by atoms with van der Waals surface area (Å²) in [6.07, 6.45) is 0.185. The number of piperidine rings is 1. The predicted octanol–water partition coefficient (Wildman–Crippen LogP) is 1.13. The summed E-state index contributed by atoms with van der Waals surface area (Å²) in [5.41, 5.74) is 6.67. The van der Waals surface area contributed by atoms with Crippen molar-refractivity contribution >= 4 is 33.4 Å². The van der Waals surface area contributed by atoms with Crippen molar-refractivity contribution in [2.24, 2.45) is 16.0 Å². The topological polar surface area (TPSA) is 122 Å². The number of ether oxygens (including phenoxy) is 1. The Balaban J connectivity index is 1.33. The van der Waals surface area contributed by atoms with Gasteiger partial charge in [-0.15, -0.1) is 4.40 Å². The van der Waals surface area contributed by atoms with Gasteiger partial charge in [0.1, 0.15) is 10.6 Å². The van der Waals surface area contributed by atoms with Crippen LogP contribution in [0.4, 0.5) is 5.69 Å². The Hall–Kier alpha value is -3.40. The number of hydrogen-bond acceptors (Lipinski definition) is 6. The van der Waals surface area contributed by atoms with E-state index in [0.717, 1.165) is 0 Å². The Labute approximate surface area is 185 Å². The molecule has 1 fully saturated rings. The number of likely N-dealkylation sites (tertiary alicyclic amines) is 1. The number of benzene rings is 2. The maximum Gasteiger partial charge on any atom is 0.285 e. The van der Waals surface area contributed by atoms with Crippen molar-refractivity contribution in [3.8, 4) is 5.75 Å². The van der Waals surface area contributed by atoms with Gasteiger partial charge < -0.3 is 20.3 Å². The second kappa shape index (κ2) is 7.63. The molecule has 0 spiro atoms. The number of para-hydroxylation sites is 2. The van der Waals surface area contributed by atoms with E-state index in [4.69, 9.17) is 10.5 Å². The highest BCUT2D eigenvalue weighted by Gasteiger charge is 2.38. The van der Waals surface area contributed by atoms with E-state index in [2.05, 4.69) is 4.40 Å². The maximum atomic E-state index is 13.4. The molecule has 10 heteroatoms. The lowest BCUT2D eigenvalue weighted by atomic mass is 9.94. The third-order valence-corrected chi connectivity index (χ3v) is 7.44. The Bertz CT molecular complexity index is 1230. The Morgan fingerprint density at radius 1 is 1.03 bits per heavy atom. The first kappa shape index (κ1) is 20.5. The number of nitrogens with two attached hydrogens (primary N) is 1. The number of carbonyl (C=O) groups excluding carboxylic acids is 2. The lowest BCUT2D eigenvalue weighted by Gasteiger charge is -2.38. The Morgan fingerprint density at radius 2 is 1.72 bits per heavy atom. The molecule has 0 aromatic heterocycles. The number of fused-ring (bicyclic) bond motifs is 2. The molecule has 32 heavy (non-hydrogen) atoms. The second-order valence-corrected chi connectivity index (χ2v) is 9.65. The van der Waals surface area contributed by atoms with E-state index in [9.17, 15) is 18.0 Å². The average molecular weight is 455 g/mol. The summed E-state index contributed by atoms with van der Waals surface area (Å²) in [6.45, 7) is 1.08. The molecule has 1 saturated heterocycles. The van der Waals surface area contributed by atoms with Crippen molar-refractivity contribution in [1.82, 2.24) is 4.90 Å². The van der Waals surface area contributed by atoms with Crippen LogP contribution in [0.2, 0.25) is 0 Å². The fraction of sp³-hybridized carbons (Fsp3) is 0.318. The molecule has 0 radical (unpaired) electrons. The molecule has 9 nitrogen and oxygen atoms in total. The molecule has 0 bridgehead atoms. The highest BCUT2D eigenvalue weighted by molar-refractivity contribution is 7.90. The third kappa shape index (κ3) is 3.40. The number of amidine groups is 1. The van der Waals surface area contributed by atoms with E-state index < -0.39 is 22.0 Å². The fourth-order valence-corrected chi connectivity index (χ4v) is 5.69. The van der Waals surface area contributed by atoms with Crippen LogP contribution in [0.25, 0.3) is 0 Å². The number of rotatable bonds is 2. The first-order valence-corrected chi connectivity index (χ1v) is 11.8. The molecule has 0 saturated carbocycles. The van der Waals surface area contributed by atoms with Gasteiger partial charge in [-0.05, 0) is 37.1 Å². The molecule has 2 aromatic rings. The predicted molar refractivity (Wildman–Crippen MR) is 117 cm³/mol.